The number of rotatable bonds is 4. The van der Waals surface area contributed by atoms with Crippen LogP contribution in [0, 0.1) is 0 Å². The highest BCUT2D eigenvalue weighted by molar-refractivity contribution is 9.11. The summed E-state index contributed by atoms with van der Waals surface area (Å²) in [5.41, 5.74) is -0.788. The van der Waals surface area contributed by atoms with Crippen LogP contribution in [0.4, 0.5) is 0 Å². The van der Waals surface area contributed by atoms with Gasteiger partial charge in [-0.2, -0.15) is 0 Å². The van der Waals surface area contributed by atoms with Crippen LogP contribution in [-0.2, 0) is 12.7 Å². The maximum absolute atomic E-state index is 7.88. The molecule has 0 saturated carbocycles. The molecular weight excluding hydrogens is 234 g/mol. The Morgan fingerprint density at radius 3 is 3.00 bits per heavy atom. The van der Waals surface area contributed by atoms with E-state index in [4.69, 9.17) is 19.2 Å². The zero-order valence-electron chi connectivity index (χ0n) is 19.7. The average molecular weight is 262 g/mol. The van der Waals surface area contributed by atoms with E-state index in [0.29, 0.717) is 11.3 Å². The van der Waals surface area contributed by atoms with Crippen LogP contribution in [0.25, 0.3) is 0 Å². The first-order chi connectivity index (χ1) is 11.1. The van der Waals surface area contributed by atoms with E-state index in [0.717, 1.165) is 0 Å². The molecule has 0 radical (unpaired) electrons. The van der Waals surface area contributed by atoms with Crippen molar-refractivity contribution in [3.05, 3.63) is 14.5 Å². The van der Waals surface area contributed by atoms with Gasteiger partial charge in [0.15, 0.2) is 0 Å². The third-order valence-corrected chi connectivity index (χ3v) is 2.56. The molecule has 1 rings (SSSR count). The van der Waals surface area contributed by atoms with E-state index < -0.39 is 49.9 Å². The van der Waals surface area contributed by atoms with Crippen molar-refractivity contribution in [2.45, 2.75) is 39.2 Å². The number of hydrogen-bond acceptors (Lipinski definition) is 2. The van der Waals surface area contributed by atoms with Crippen LogP contribution in [0.15, 0.2) is 3.79 Å². The Morgan fingerprint density at radius 1 is 1.50 bits per heavy atom. The minimum absolute atomic E-state index is 0.268. The molecule has 0 aliphatic heterocycles. The van der Waals surface area contributed by atoms with E-state index in [1.807, 2.05) is 0 Å². The Labute approximate surface area is 106 Å². The van der Waals surface area contributed by atoms with Crippen molar-refractivity contribution in [3.8, 4) is 0 Å². The molecule has 0 amide bonds. The summed E-state index contributed by atoms with van der Waals surface area (Å²) in [7, 11) is 0. The lowest BCUT2D eigenvalue weighted by Crippen LogP contribution is -1.86. The van der Waals surface area contributed by atoms with Crippen molar-refractivity contribution in [1.29, 1.82) is 0 Å². The Morgan fingerprint density at radius 2 is 2.25 bits per heavy atom. The van der Waals surface area contributed by atoms with Crippen LogP contribution in [0.5, 0.6) is 0 Å². The summed E-state index contributed by atoms with van der Waals surface area (Å²) in [6.07, 6.45) is -13.2. The third kappa shape index (κ3) is 2.56. The third-order valence-electron chi connectivity index (χ3n) is 0.936. The molecular formula is C9H14BrNS. The number of nitrogens with zero attached hydrogens (tertiary/aromatic N) is 1. The quantitative estimate of drug-likeness (QED) is 0.804. The highest BCUT2D eigenvalue weighted by Crippen LogP contribution is 2.26. The van der Waals surface area contributed by atoms with Crippen molar-refractivity contribution >= 4 is 27.3 Å². The van der Waals surface area contributed by atoms with E-state index in [1.165, 1.54) is 0 Å². The molecule has 68 valence electrons. The summed E-state index contributed by atoms with van der Waals surface area (Å²) in [4.78, 5) is 3.55. The monoisotopic (exact) mass is 261 g/mol. The van der Waals surface area contributed by atoms with Gasteiger partial charge in [-0.25, -0.2) is 4.98 Å². The van der Waals surface area contributed by atoms with Gasteiger partial charge in [-0.15, -0.1) is 11.3 Å². The van der Waals surface area contributed by atoms with Gasteiger partial charge in [0, 0.05) is 19.2 Å². The molecule has 1 heterocycles. The molecule has 0 atom stereocenters. The molecule has 0 unspecified atom stereocenters. The number of aromatic nitrogens is 1. The zero-order chi connectivity index (χ0) is 21.1. The molecule has 0 N–H and O–H groups in total. The van der Waals surface area contributed by atoms with Gasteiger partial charge in [0.2, 0.25) is 0 Å². The molecule has 0 spiro atoms. The van der Waals surface area contributed by atoms with E-state index in [9.17, 15) is 0 Å². The molecule has 0 aliphatic rings. The first-order valence-electron chi connectivity index (χ1n) is 9.79. The Bertz CT molecular complexity index is 671. The second-order valence-corrected chi connectivity index (χ2v) is 3.96. The van der Waals surface area contributed by atoms with Gasteiger partial charge < -0.3 is 0 Å². The lowest BCUT2D eigenvalue weighted by Gasteiger charge is -1.90. The van der Waals surface area contributed by atoms with Crippen molar-refractivity contribution in [3.63, 3.8) is 0 Å². The van der Waals surface area contributed by atoms with E-state index in [-0.39, 0.29) is 3.79 Å². The molecule has 12 heavy (non-hydrogen) atoms. The van der Waals surface area contributed by atoms with Gasteiger partial charge >= 0.3 is 0 Å². The van der Waals surface area contributed by atoms with Crippen molar-refractivity contribution in [2.75, 3.05) is 0 Å². The Kier molecular flexibility index (Phi) is 0.909. The fraction of sp³-hybridized carbons (Fsp3) is 0.667. The molecule has 0 bridgehead atoms. The smallest absolute Gasteiger partial charge is 0.0940 e. The van der Waals surface area contributed by atoms with Gasteiger partial charge in [0.1, 0.15) is 0 Å². The SMILES string of the molecule is [2H]C([2H])([2H])C([2H])([2H])C([2H])([2H])c1nc(C([2H])([2H])C([2H])([2H])C([2H])([2H])[2H])c(Br)s1. The minimum Gasteiger partial charge on any atom is -0.245 e. The lowest BCUT2D eigenvalue weighted by atomic mass is 10.3. The van der Waals surface area contributed by atoms with E-state index in [1.54, 1.807) is 0 Å². The molecule has 3 heteroatoms. The fourth-order valence-electron chi connectivity index (χ4n) is 0.545. The molecule has 0 aromatic carbocycles. The lowest BCUT2D eigenvalue weighted by molar-refractivity contribution is 0.855. The van der Waals surface area contributed by atoms with Crippen LogP contribution in [-0.4, -0.2) is 4.98 Å². The van der Waals surface area contributed by atoms with Crippen molar-refractivity contribution < 1.29 is 19.2 Å². The van der Waals surface area contributed by atoms with Crippen LogP contribution >= 0.6 is 27.3 Å². The van der Waals surface area contributed by atoms with Crippen LogP contribution in [0.3, 0.4) is 0 Å². The molecule has 0 aliphatic carbocycles. The standard InChI is InChI=1S/C9H14BrNS/c1-3-5-7-9(10)12-8(11-7)6-4-2/h3-6H2,1-2H3/i1D3,2D3,3D2,4D2,5D2,6D2. The summed E-state index contributed by atoms with van der Waals surface area (Å²) in [5, 5.41) is -0.759. The number of halogens is 1. The number of aryl methyl sites for hydroxylation is 2. The van der Waals surface area contributed by atoms with Gasteiger partial charge in [-0.3, -0.25) is 0 Å². The van der Waals surface area contributed by atoms with Gasteiger partial charge in [-0.05, 0) is 35.0 Å². The topological polar surface area (TPSA) is 12.9 Å². The molecule has 1 aromatic heterocycles. The second kappa shape index (κ2) is 4.97. The second-order valence-electron chi connectivity index (χ2n) is 1.64. The highest BCUT2D eigenvalue weighted by atomic mass is 79.9. The fourth-order valence-corrected chi connectivity index (χ4v) is 1.79. The summed E-state index contributed by atoms with van der Waals surface area (Å²) >= 11 is 3.23. The van der Waals surface area contributed by atoms with Gasteiger partial charge in [0.25, 0.3) is 0 Å². The predicted octanol–water partition coefficient (Wildman–Crippen LogP) is 3.81. The summed E-state index contributed by atoms with van der Waals surface area (Å²) in [6, 6.07) is 0. The summed E-state index contributed by atoms with van der Waals surface area (Å²) in [5.74, 6) is 0. The van der Waals surface area contributed by atoms with Crippen LogP contribution in [0.1, 0.15) is 56.3 Å². The maximum Gasteiger partial charge on any atom is 0.0940 e. The Hall–Kier alpha value is 0.110. The summed E-state index contributed by atoms with van der Waals surface area (Å²) < 4.78 is 105. The average Bonchev–Trinajstić information content (AvgIpc) is 2.78. The first-order valence-corrected chi connectivity index (χ1v) is 4.40. The number of hydrogen-bond donors (Lipinski definition) is 0. The first kappa shape index (κ1) is 2.19. The van der Waals surface area contributed by atoms with Crippen molar-refractivity contribution in [2.24, 2.45) is 0 Å². The molecule has 1 aromatic rings. The van der Waals surface area contributed by atoms with Crippen LogP contribution < -0.4 is 0 Å². The number of thiazole rings is 1. The molecule has 0 saturated heterocycles. The minimum atomic E-state index is -3.40. The Balaban J connectivity index is 3.56. The molecule has 1 nitrogen and oxygen atoms in total. The zero-order valence-corrected chi connectivity index (χ0v) is 8.14. The normalized spacial score (nSPS) is 34.8. The van der Waals surface area contributed by atoms with Gasteiger partial charge in [0.05, 0.1) is 14.5 Å². The largest absolute Gasteiger partial charge is 0.245 e. The van der Waals surface area contributed by atoms with Gasteiger partial charge in [-0.1, -0.05) is 20.1 Å². The van der Waals surface area contributed by atoms with Crippen LogP contribution in [0.2, 0.25) is 0 Å². The van der Waals surface area contributed by atoms with Crippen molar-refractivity contribution in [1.82, 2.24) is 4.98 Å². The molecule has 0 fully saturated rings. The maximum atomic E-state index is 7.88. The predicted molar refractivity (Wildman–Crippen MR) is 57.8 cm³/mol. The van der Waals surface area contributed by atoms with E-state index >= 15 is 0 Å². The summed E-state index contributed by atoms with van der Waals surface area (Å²) in [6.45, 7) is -6.73. The highest BCUT2D eigenvalue weighted by Gasteiger charge is 2.06. The van der Waals surface area contributed by atoms with E-state index in [2.05, 4.69) is 20.9 Å².